The van der Waals surface area contributed by atoms with E-state index in [0.29, 0.717) is 16.2 Å². The normalized spacial score (nSPS) is 12.6. The van der Waals surface area contributed by atoms with E-state index in [1.807, 2.05) is 12.1 Å². The maximum atomic E-state index is 13.7. The van der Waals surface area contributed by atoms with Crippen LogP contribution in [0.4, 0.5) is 4.39 Å². The van der Waals surface area contributed by atoms with Gasteiger partial charge in [-0.25, -0.2) is 4.39 Å². The number of hydrogen-bond donors (Lipinski definition) is 1. The lowest BCUT2D eigenvalue weighted by atomic mass is 10.1. The molecule has 1 aromatic heterocycles. The van der Waals surface area contributed by atoms with Crippen molar-refractivity contribution < 1.29 is 13.9 Å². The summed E-state index contributed by atoms with van der Waals surface area (Å²) < 4.78 is 18.9. The molecule has 0 aliphatic rings. The Bertz CT molecular complexity index is 480. The monoisotopic (exact) mass is 252 g/mol. The van der Waals surface area contributed by atoms with Crippen molar-refractivity contribution in [3.8, 4) is 0 Å². The molecule has 1 N–H and O–H groups in total. The highest BCUT2D eigenvalue weighted by Gasteiger charge is 2.08. The Balaban J connectivity index is 2.06. The van der Waals surface area contributed by atoms with Crippen LogP contribution >= 0.6 is 11.8 Å². The van der Waals surface area contributed by atoms with Crippen molar-refractivity contribution in [3.05, 3.63) is 53.7 Å². The Labute approximate surface area is 103 Å². The van der Waals surface area contributed by atoms with Gasteiger partial charge in [0.25, 0.3) is 0 Å². The van der Waals surface area contributed by atoms with E-state index in [1.165, 1.54) is 17.8 Å². The Morgan fingerprint density at radius 3 is 2.82 bits per heavy atom. The highest BCUT2D eigenvalue weighted by atomic mass is 32.2. The van der Waals surface area contributed by atoms with Crippen LogP contribution in [-0.4, -0.2) is 5.11 Å². The maximum Gasteiger partial charge on any atom is 0.137 e. The summed E-state index contributed by atoms with van der Waals surface area (Å²) in [6, 6.07) is 8.45. The molecule has 2 aromatic rings. The summed E-state index contributed by atoms with van der Waals surface area (Å²) in [6.45, 7) is 1.62. The molecule has 0 unspecified atom stereocenters. The van der Waals surface area contributed by atoms with Crippen molar-refractivity contribution in [1.29, 1.82) is 0 Å². The molecule has 0 fully saturated rings. The van der Waals surface area contributed by atoms with E-state index in [9.17, 15) is 9.50 Å². The van der Waals surface area contributed by atoms with Crippen LogP contribution in [0.25, 0.3) is 0 Å². The lowest BCUT2D eigenvalue weighted by molar-refractivity contribution is 0.198. The number of halogens is 1. The van der Waals surface area contributed by atoms with Crippen LogP contribution in [0.2, 0.25) is 0 Å². The van der Waals surface area contributed by atoms with Crippen LogP contribution in [-0.2, 0) is 5.75 Å². The van der Waals surface area contributed by atoms with Crippen LogP contribution in [0.3, 0.4) is 0 Å². The highest BCUT2D eigenvalue weighted by molar-refractivity contribution is 7.98. The zero-order valence-corrected chi connectivity index (χ0v) is 10.2. The number of thioether (sulfide) groups is 1. The number of furan rings is 1. The minimum atomic E-state index is -0.645. The van der Waals surface area contributed by atoms with Gasteiger partial charge < -0.3 is 9.52 Å². The molecular weight excluding hydrogens is 239 g/mol. The molecule has 2 nitrogen and oxygen atoms in total. The first-order chi connectivity index (χ1) is 8.16. The largest absolute Gasteiger partial charge is 0.468 e. The van der Waals surface area contributed by atoms with Gasteiger partial charge in [-0.05, 0) is 36.8 Å². The van der Waals surface area contributed by atoms with Gasteiger partial charge in [0, 0.05) is 4.90 Å². The molecule has 0 saturated heterocycles. The fourth-order valence-electron chi connectivity index (χ4n) is 1.44. The Kier molecular flexibility index (Phi) is 3.86. The summed E-state index contributed by atoms with van der Waals surface area (Å²) in [7, 11) is 0. The Morgan fingerprint density at radius 2 is 2.24 bits per heavy atom. The lowest BCUT2D eigenvalue weighted by Gasteiger charge is -2.07. The zero-order chi connectivity index (χ0) is 12.3. The van der Waals surface area contributed by atoms with E-state index < -0.39 is 6.10 Å². The summed E-state index contributed by atoms with van der Waals surface area (Å²) in [6.07, 6.45) is 0.955. The maximum absolute atomic E-state index is 13.7. The van der Waals surface area contributed by atoms with Gasteiger partial charge in [0.2, 0.25) is 0 Å². The van der Waals surface area contributed by atoms with Crippen molar-refractivity contribution in [2.24, 2.45) is 0 Å². The van der Waals surface area contributed by atoms with Crippen LogP contribution in [0.1, 0.15) is 24.4 Å². The van der Waals surface area contributed by atoms with E-state index >= 15 is 0 Å². The first kappa shape index (κ1) is 12.2. The molecule has 1 heterocycles. The summed E-state index contributed by atoms with van der Waals surface area (Å²) in [5.74, 6) is 1.10. The molecule has 0 aliphatic carbocycles. The van der Waals surface area contributed by atoms with E-state index in [2.05, 4.69) is 0 Å². The van der Waals surface area contributed by atoms with Gasteiger partial charge in [0.15, 0.2) is 0 Å². The molecule has 4 heteroatoms. The average molecular weight is 252 g/mol. The fourth-order valence-corrected chi connectivity index (χ4v) is 2.26. The number of aliphatic hydroxyl groups is 1. The molecule has 0 aliphatic heterocycles. The van der Waals surface area contributed by atoms with Crippen LogP contribution in [0, 0.1) is 5.82 Å². The third kappa shape index (κ3) is 3.11. The predicted molar refractivity (Wildman–Crippen MR) is 65.3 cm³/mol. The van der Waals surface area contributed by atoms with Gasteiger partial charge in [-0.3, -0.25) is 0 Å². The molecule has 0 radical (unpaired) electrons. The molecule has 0 spiro atoms. The molecule has 2 rings (SSSR count). The molecule has 1 atom stereocenters. The molecule has 90 valence electrons. The van der Waals surface area contributed by atoms with E-state index in [1.54, 1.807) is 25.3 Å². The molecule has 0 saturated carbocycles. The minimum absolute atomic E-state index is 0.306. The minimum Gasteiger partial charge on any atom is -0.468 e. The van der Waals surface area contributed by atoms with Crippen molar-refractivity contribution in [1.82, 2.24) is 0 Å². The van der Waals surface area contributed by atoms with E-state index in [4.69, 9.17) is 4.42 Å². The second-order valence-corrected chi connectivity index (χ2v) is 4.75. The molecule has 17 heavy (non-hydrogen) atoms. The van der Waals surface area contributed by atoms with Crippen molar-refractivity contribution in [3.63, 3.8) is 0 Å². The van der Waals surface area contributed by atoms with E-state index in [-0.39, 0.29) is 5.82 Å². The summed E-state index contributed by atoms with van der Waals surface area (Å²) >= 11 is 1.37. The van der Waals surface area contributed by atoms with Gasteiger partial charge in [-0.15, -0.1) is 11.8 Å². The van der Waals surface area contributed by atoms with Crippen LogP contribution in [0.5, 0.6) is 0 Å². The van der Waals surface area contributed by atoms with Crippen LogP contribution < -0.4 is 0 Å². The predicted octanol–water partition coefficient (Wildman–Crippen LogP) is 3.76. The second kappa shape index (κ2) is 5.38. The topological polar surface area (TPSA) is 33.4 Å². The smallest absolute Gasteiger partial charge is 0.137 e. The van der Waals surface area contributed by atoms with Crippen molar-refractivity contribution in [2.45, 2.75) is 23.7 Å². The number of aliphatic hydroxyl groups excluding tert-OH is 1. The second-order valence-electron chi connectivity index (χ2n) is 3.73. The van der Waals surface area contributed by atoms with Gasteiger partial charge in [0.05, 0.1) is 18.1 Å². The molecule has 0 amide bonds. The van der Waals surface area contributed by atoms with E-state index in [0.717, 1.165) is 5.76 Å². The summed E-state index contributed by atoms with van der Waals surface area (Å²) in [4.78, 5) is 0.561. The standard InChI is InChI=1S/C13H13FO2S/c1-9(15)10-4-5-13(12(14)7-10)17-8-11-3-2-6-16-11/h2-7,9,15H,8H2,1H3/t9-/m1/s1. The van der Waals surface area contributed by atoms with Gasteiger partial charge >= 0.3 is 0 Å². The fraction of sp³-hybridized carbons (Fsp3) is 0.231. The quantitative estimate of drug-likeness (QED) is 0.841. The first-order valence-corrected chi connectivity index (χ1v) is 6.28. The summed E-state index contributed by atoms with van der Waals surface area (Å²) in [5, 5.41) is 9.33. The lowest BCUT2D eigenvalue weighted by Crippen LogP contribution is -1.93. The number of rotatable bonds is 4. The Morgan fingerprint density at radius 1 is 1.41 bits per heavy atom. The Hall–Kier alpha value is -1.26. The molecular formula is C13H13FO2S. The van der Waals surface area contributed by atoms with Crippen molar-refractivity contribution >= 4 is 11.8 Å². The van der Waals surface area contributed by atoms with Crippen LogP contribution in [0.15, 0.2) is 45.9 Å². The average Bonchev–Trinajstić information content (AvgIpc) is 2.80. The highest BCUT2D eigenvalue weighted by Crippen LogP contribution is 2.27. The SMILES string of the molecule is C[C@@H](O)c1ccc(SCc2ccco2)c(F)c1. The molecule has 0 bridgehead atoms. The first-order valence-electron chi connectivity index (χ1n) is 5.29. The number of hydrogen-bond acceptors (Lipinski definition) is 3. The van der Waals surface area contributed by atoms with Gasteiger partial charge in [-0.2, -0.15) is 0 Å². The van der Waals surface area contributed by atoms with Crippen molar-refractivity contribution in [2.75, 3.05) is 0 Å². The summed E-state index contributed by atoms with van der Waals surface area (Å²) in [5.41, 5.74) is 0.588. The molecule has 1 aromatic carbocycles. The number of benzene rings is 1. The third-order valence-electron chi connectivity index (χ3n) is 2.39. The third-order valence-corrected chi connectivity index (χ3v) is 3.46. The van der Waals surface area contributed by atoms with Gasteiger partial charge in [0.1, 0.15) is 11.6 Å². The van der Waals surface area contributed by atoms with Gasteiger partial charge in [-0.1, -0.05) is 6.07 Å². The zero-order valence-electron chi connectivity index (χ0n) is 9.39.